The second-order valence-electron chi connectivity index (χ2n) is 4.00. The van der Waals surface area contributed by atoms with Crippen LogP contribution in [0.25, 0.3) is 11.3 Å². The third-order valence-corrected chi connectivity index (χ3v) is 2.77. The van der Waals surface area contributed by atoms with Gasteiger partial charge in [-0.1, -0.05) is 30.3 Å². The second-order valence-corrected chi connectivity index (χ2v) is 4.00. The van der Waals surface area contributed by atoms with Crippen molar-refractivity contribution < 1.29 is 9.53 Å². The lowest BCUT2D eigenvalue weighted by molar-refractivity contribution is 0.0527. The van der Waals surface area contributed by atoms with E-state index in [9.17, 15) is 4.79 Å². The van der Waals surface area contributed by atoms with Crippen molar-refractivity contribution in [2.45, 2.75) is 13.8 Å². The Hall–Kier alpha value is -2.23. The van der Waals surface area contributed by atoms with Crippen LogP contribution < -0.4 is 5.73 Å². The molecule has 0 fully saturated rings. The zero-order chi connectivity index (χ0) is 13.1. The van der Waals surface area contributed by atoms with E-state index in [1.807, 2.05) is 37.3 Å². The highest BCUT2D eigenvalue weighted by molar-refractivity contribution is 6.00. The molecule has 1 aromatic carbocycles. The van der Waals surface area contributed by atoms with E-state index in [0.717, 1.165) is 17.0 Å². The first-order chi connectivity index (χ1) is 8.65. The number of rotatable bonds is 3. The number of hydrogen-bond acceptors (Lipinski definition) is 3. The molecule has 4 heteroatoms. The van der Waals surface area contributed by atoms with Crippen molar-refractivity contribution in [1.82, 2.24) is 4.98 Å². The molecule has 18 heavy (non-hydrogen) atoms. The van der Waals surface area contributed by atoms with Crippen molar-refractivity contribution in [3.63, 3.8) is 0 Å². The summed E-state index contributed by atoms with van der Waals surface area (Å²) in [5.74, 6) is -0.383. The quantitative estimate of drug-likeness (QED) is 0.816. The van der Waals surface area contributed by atoms with Gasteiger partial charge >= 0.3 is 5.97 Å². The van der Waals surface area contributed by atoms with E-state index < -0.39 is 0 Å². The van der Waals surface area contributed by atoms with Gasteiger partial charge in [-0.3, -0.25) is 0 Å². The molecule has 0 radical (unpaired) electrons. The van der Waals surface area contributed by atoms with Gasteiger partial charge in [-0.2, -0.15) is 0 Å². The van der Waals surface area contributed by atoms with Gasteiger partial charge in [0.25, 0.3) is 0 Å². The molecule has 2 rings (SSSR count). The van der Waals surface area contributed by atoms with Crippen molar-refractivity contribution in [3.05, 3.63) is 41.6 Å². The first-order valence-corrected chi connectivity index (χ1v) is 5.85. The summed E-state index contributed by atoms with van der Waals surface area (Å²) in [4.78, 5) is 15.0. The molecule has 0 amide bonds. The van der Waals surface area contributed by atoms with Crippen molar-refractivity contribution in [3.8, 4) is 11.3 Å². The molecule has 0 bridgehead atoms. The highest BCUT2D eigenvalue weighted by Gasteiger charge is 2.20. The molecule has 0 aliphatic heterocycles. The molecule has 0 aliphatic rings. The van der Waals surface area contributed by atoms with Crippen LogP contribution in [0.5, 0.6) is 0 Å². The van der Waals surface area contributed by atoms with Gasteiger partial charge in [-0.25, -0.2) is 4.79 Å². The molecule has 94 valence electrons. The van der Waals surface area contributed by atoms with Crippen LogP contribution in [0.4, 0.5) is 5.69 Å². The predicted molar refractivity (Wildman–Crippen MR) is 71.3 cm³/mol. The van der Waals surface area contributed by atoms with E-state index >= 15 is 0 Å². The molecule has 0 aliphatic carbocycles. The summed E-state index contributed by atoms with van der Waals surface area (Å²) >= 11 is 0. The Morgan fingerprint density at radius 2 is 2.00 bits per heavy atom. The fourth-order valence-electron chi connectivity index (χ4n) is 1.94. The van der Waals surface area contributed by atoms with Gasteiger partial charge in [0.2, 0.25) is 0 Å². The summed E-state index contributed by atoms with van der Waals surface area (Å²) in [5, 5.41) is 0. The van der Waals surface area contributed by atoms with Crippen molar-refractivity contribution in [1.29, 1.82) is 0 Å². The molecule has 3 N–H and O–H groups in total. The summed E-state index contributed by atoms with van der Waals surface area (Å²) in [6.07, 6.45) is 0. The van der Waals surface area contributed by atoms with Crippen molar-refractivity contribution in [2.24, 2.45) is 0 Å². The first-order valence-electron chi connectivity index (χ1n) is 5.85. The predicted octanol–water partition coefficient (Wildman–Crippen LogP) is 2.75. The van der Waals surface area contributed by atoms with Crippen LogP contribution in [0, 0.1) is 6.92 Å². The third-order valence-electron chi connectivity index (χ3n) is 2.77. The lowest BCUT2D eigenvalue weighted by Gasteiger charge is -2.03. The van der Waals surface area contributed by atoms with Gasteiger partial charge in [0.15, 0.2) is 0 Å². The minimum Gasteiger partial charge on any atom is -0.462 e. The van der Waals surface area contributed by atoms with Gasteiger partial charge in [-0.05, 0) is 13.8 Å². The Kier molecular flexibility index (Phi) is 3.37. The Morgan fingerprint density at radius 3 is 2.61 bits per heavy atom. The number of anilines is 1. The van der Waals surface area contributed by atoms with Gasteiger partial charge in [0.1, 0.15) is 5.56 Å². The molecule has 0 unspecified atom stereocenters. The summed E-state index contributed by atoms with van der Waals surface area (Å²) in [6.45, 7) is 3.92. The Morgan fingerprint density at radius 1 is 1.33 bits per heavy atom. The molecular formula is C14H16N2O2. The fourth-order valence-corrected chi connectivity index (χ4v) is 1.94. The molecule has 0 saturated heterocycles. The zero-order valence-corrected chi connectivity index (χ0v) is 10.5. The van der Waals surface area contributed by atoms with E-state index in [2.05, 4.69) is 4.98 Å². The van der Waals surface area contributed by atoms with E-state index in [0.29, 0.717) is 17.9 Å². The van der Waals surface area contributed by atoms with Crippen molar-refractivity contribution in [2.75, 3.05) is 12.3 Å². The number of nitrogens with two attached hydrogens (primary N) is 1. The zero-order valence-electron chi connectivity index (χ0n) is 10.5. The molecule has 4 nitrogen and oxygen atoms in total. The fraction of sp³-hybridized carbons (Fsp3) is 0.214. The van der Waals surface area contributed by atoms with E-state index in [1.165, 1.54) is 0 Å². The maximum atomic E-state index is 11.8. The number of H-pyrrole nitrogens is 1. The lowest BCUT2D eigenvalue weighted by atomic mass is 10.1. The number of benzene rings is 1. The summed E-state index contributed by atoms with van der Waals surface area (Å²) in [7, 11) is 0. The minimum atomic E-state index is -0.383. The highest BCUT2D eigenvalue weighted by Crippen LogP contribution is 2.30. The van der Waals surface area contributed by atoms with Gasteiger partial charge < -0.3 is 15.5 Å². The second kappa shape index (κ2) is 4.96. The molecule has 2 aromatic rings. The Labute approximate surface area is 106 Å². The van der Waals surface area contributed by atoms with E-state index in [1.54, 1.807) is 6.92 Å². The maximum Gasteiger partial charge on any atom is 0.342 e. The average Bonchev–Trinajstić information content (AvgIpc) is 2.66. The van der Waals surface area contributed by atoms with Crippen LogP contribution in [0.15, 0.2) is 30.3 Å². The van der Waals surface area contributed by atoms with Crippen LogP contribution in [0.1, 0.15) is 23.0 Å². The number of carbonyl (C=O) groups excluding carboxylic acids is 1. The van der Waals surface area contributed by atoms with Crippen LogP contribution in [-0.2, 0) is 4.74 Å². The highest BCUT2D eigenvalue weighted by atomic mass is 16.5. The number of ether oxygens (including phenoxy) is 1. The van der Waals surface area contributed by atoms with Gasteiger partial charge in [-0.15, -0.1) is 0 Å². The summed E-state index contributed by atoms with van der Waals surface area (Å²) < 4.78 is 5.00. The molecule has 1 heterocycles. The van der Waals surface area contributed by atoms with Crippen LogP contribution in [-0.4, -0.2) is 17.6 Å². The third kappa shape index (κ3) is 2.09. The number of aryl methyl sites for hydroxylation is 1. The van der Waals surface area contributed by atoms with Crippen LogP contribution in [0.3, 0.4) is 0 Å². The van der Waals surface area contributed by atoms with Crippen LogP contribution in [0.2, 0.25) is 0 Å². The first kappa shape index (κ1) is 12.2. The summed E-state index contributed by atoms with van der Waals surface area (Å²) in [6, 6.07) is 9.67. The smallest absolute Gasteiger partial charge is 0.342 e. The van der Waals surface area contributed by atoms with Gasteiger partial charge in [0.05, 0.1) is 18.0 Å². The normalized spacial score (nSPS) is 10.3. The maximum absolute atomic E-state index is 11.8. The monoisotopic (exact) mass is 244 g/mol. The number of carbonyl (C=O) groups is 1. The lowest BCUT2D eigenvalue weighted by Crippen LogP contribution is -2.07. The number of aromatic nitrogens is 1. The molecule has 0 saturated carbocycles. The number of nitrogens with one attached hydrogen (secondary N) is 1. The Bertz CT molecular complexity index is 559. The Balaban J connectivity index is 2.47. The molecular weight excluding hydrogens is 228 g/mol. The SMILES string of the molecule is CCOC(=O)c1c(C)[nH]c(-c2ccccc2)c1N. The van der Waals surface area contributed by atoms with E-state index in [4.69, 9.17) is 10.5 Å². The van der Waals surface area contributed by atoms with Crippen molar-refractivity contribution >= 4 is 11.7 Å². The molecule has 0 spiro atoms. The number of hydrogen-bond donors (Lipinski definition) is 2. The molecule has 0 atom stereocenters. The minimum absolute atomic E-state index is 0.337. The standard InChI is InChI=1S/C14H16N2O2/c1-3-18-14(17)11-9(2)16-13(12(11)15)10-7-5-4-6-8-10/h4-8,16H,3,15H2,1-2H3. The van der Waals surface area contributed by atoms with Crippen LogP contribution >= 0.6 is 0 Å². The topological polar surface area (TPSA) is 68.1 Å². The number of esters is 1. The number of nitrogen functional groups attached to an aromatic ring is 1. The number of aromatic amines is 1. The largest absolute Gasteiger partial charge is 0.462 e. The summed E-state index contributed by atoms with van der Waals surface area (Å²) in [5.41, 5.74) is 9.34. The molecule has 1 aromatic heterocycles. The van der Waals surface area contributed by atoms with Gasteiger partial charge in [0, 0.05) is 11.3 Å². The van der Waals surface area contributed by atoms with E-state index in [-0.39, 0.29) is 5.97 Å². The average molecular weight is 244 g/mol.